The summed E-state index contributed by atoms with van der Waals surface area (Å²) in [4.78, 5) is 0. The third-order valence-corrected chi connectivity index (χ3v) is 0. The minimum atomic E-state index is -2.61. The predicted octanol–water partition coefficient (Wildman–Crippen LogP) is -4.35. The van der Waals surface area contributed by atoms with Crippen LogP contribution in [0.15, 0.2) is 0 Å². The van der Waals surface area contributed by atoms with Crippen LogP contribution in [0, 0.1) is 0 Å². The zero-order valence-corrected chi connectivity index (χ0v) is 9.68. The topological polar surface area (TPSA) is 147 Å². The first-order chi connectivity index (χ1) is 3.46. The van der Waals surface area contributed by atoms with E-state index in [0.29, 0.717) is 0 Å². The van der Waals surface area contributed by atoms with E-state index >= 15 is 0 Å². The molecular weight excluding hydrogens is 215 g/mol. The molecule has 0 heterocycles. The van der Waals surface area contributed by atoms with Gasteiger partial charge in [0.1, 0.15) is 0 Å². The Labute approximate surface area is 106 Å². The van der Waals surface area contributed by atoms with Crippen LogP contribution in [0.4, 0.5) is 0 Å². The molecule has 0 aliphatic rings. The predicted molar refractivity (Wildman–Crippen MR) is 31.5 cm³/mol. The summed E-state index contributed by atoms with van der Waals surface area (Å²) in [5, 5.41) is 0. The molecule has 7 nitrogen and oxygen atoms in total. The largest absolute Gasteiger partial charge is 1.00 e. The molecule has 62 valence electrons. The van der Waals surface area contributed by atoms with Crippen LogP contribution in [0.2, 0.25) is 0 Å². The summed E-state index contributed by atoms with van der Waals surface area (Å²) in [7, 11) is 0. The second-order valence-electron chi connectivity index (χ2n) is 0.461. The van der Waals surface area contributed by atoms with Crippen LogP contribution in [0.1, 0.15) is 1.43 Å². The molecule has 0 aromatic rings. The van der Waals surface area contributed by atoms with Gasteiger partial charge in [0.15, 0.2) is 0 Å². The summed E-state index contributed by atoms with van der Waals surface area (Å²) in [6.45, 7) is 0. The van der Waals surface area contributed by atoms with Crippen molar-refractivity contribution in [3.8, 4) is 0 Å². The van der Waals surface area contributed by atoms with Gasteiger partial charge in [-0.25, -0.2) is 0 Å². The van der Waals surface area contributed by atoms with Gasteiger partial charge in [-0.1, -0.05) is 0 Å². The van der Waals surface area contributed by atoms with Crippen molar-refractivity contribution in [2.45, 2.75) is 0 Å². The van der Waals surface area contributed by atoms with E-state index in [1.807, 2.05) is 0 Å². The van der Waals surface area contributed by atoms with Crippen LogP contribution < -0.4 is 51.4 Å². The average Bonchev–Trinajstić information content (AvgIpc) is 1.25. The third kappa shape index (κ3) is 246. The van der Waals surface area contributed by atoms with E-state index in [0.717, 1.165) is 0 Å². The molecule has 10 heteroatoms. The maximum atomic E-state index is 8.67. The van der Waals surface area contributed by atoms with Crippen LogP contribution in [-0.2, 0) is 22.7 Å². The Morgan fingerprint density at radius 1 is 0.900 bits per heavy atom. The van der Waals surface area contributed by atoms with E-state index in [1.54, 1.807) is 0 Å². The van der Waals surface area contributed by atoms with Crippen LogP contribution in [0.5, 0.6) is 0 Å². The van der Waals surface area contributed by atoms with E-state index < -0.39 is 22.7 Å². The van der Waals surface area contributed by atoms with Gasteiger partial charge in [0.05, 0.1) is 0 Å². The maximum absolute atomic E-state index is 8.67. The minimum Gasteiger partial charge on any atom is -1.00 e. The van der Waals surface area contributed by atoms with E-state index in [2.05, 4.69) is 0 Å². The first kappa shape index (κ1) is 22.6. The van der Waals surface area contributed by atoms with E-state index in [9.17, 15) is 0 Å². The van der Waals surface area contributed by atoms with Gasteiger partial charge in [-0.05, 0) is 0 Å². The first-order valence-electron chi connectivity index (χ1n) is 1.06. The van der Waals surface area contributed by atoms with Crippen LogP contribution in [0.3, 0.4) is 0 Å². The van der Waals surface area contributed by atoms with E-state index in [-0.39, 0.29) is 58.3 Å². The van der Waals surface area contributed by atoms with Gasteiger partial charge in [0.2, 0.25) is 0 Å². The fourth-order valence-corrected chi connectivity index (χ4v) is 0. The van der Waals surface area contributed by atoms with Gasteiger partial charge in [-0.15, -0.1) is 0 Å². The van der Waals surface area contributed by atoms with Gasteiger partial charge >= 0.3 is 51.4 Å². The summed E-state index contributed by atoms with van der Waals surface area (Å²) in [5.74, 6) is 0. The van der Waals surface area contributed by atoms with Crippen LogP contribution in [0.25, 0.3) is 0 Å². The standard InChI is InChI=1S/K.2H2O3S.H2O.H/c;2*1-4(2)3;;/h;2*(H2,1,2,3);1H2;/q+1;;;;-1. The average molecular weight is 222 g/mol. The maximum Gasteiger partial charge on any atom is 1.00 e. The summed E-state index contributed by atoms with van der Waals surface area (Å²) >= 11 is -5.22. The molecule has 0 spiro atoms. The molecule has 0 fully saturated rings. The van der Waals surface area contributed by atoms with Gasteiger partial charge in [-0.2, -0.15) is 8.42 Å². The summed E-state index contributed by atoms with van der Waals surface area (Å²) in [5.41, 5.74) is 0. The number of hydrogen-bond donors (Lipinski definition) is 4. The fraction of sp³-hybridized carbons (Fsp3) is 0. The summed E-state index contributed by atoms with van der Waals surface area (Å²) < 4.78 is 45.7. The van der Waals surface area contributed by atoms with Crippen molar-refractivity contribution in [1.29, 1.82) is 0 Å². The Balaban J connectivity index is -0.0000000171. The SMILES string of the molecule is O.O=S(O)O.O=S(O)O.[H-].[K+]. The van der Waals surface area contributed by atoms with Crippen LogP contribution >= 0.6 is 0 Å². The van der Waals surface area contributed by atoms with Crippen molar-refractivity contribution < 1.29 is 84.9 Å². The van der Waals surface area contributed by atoms with Crippen molar-refractivity contribution in [1.82, 2.24) is 0 Å². The zero-order chi connectivity index (χ0) is 7.15. The minimum absolute atomic E-state index is 0. The quantitative estimate of drug-likeness (QED) is 0.240. The monoisotopic (exact) mass is 222 g/mol. The van der Waals surface area contributed by atoms with E-state index in [4.69, 9.17) is 26.6 Å². The van der Waals surface area contributed by atoms with Crippen LogP contribution in [-0.4, -0.2) is 32.1 Å². The third-order valence-electron chi connectivity index (χ3n) is 0. The van der Waals surface area contributed by atoms with Gasteiger partial charge < -0.3 is 6.90 Å². The molecule has 0 atom stereocenters. The summed E-state index contributed by atoms with van der Waals surface area (Å²) in [6, 6.07) is 0. The van der Waals surface area contributed by atoms with Crippen molar-refractivity contribution in [3.05, 3.63) is 0 Å². The Bertz CT molecular complexity index is 74.4. The molecule has 6 N–H and O–H groups in total. The Hall–Kier alpha value is 1.74. The molecule has 0 aliphatic heterocycles. The normalized spacial score (nSPS) is 7.00. The molecule has 10 heavy (non-hydrogen) atoms. The van der Waals surface area contributed by atoms with Crippen molar-refractivity contribution in [2.24, 2.45) is 0 Å². The first-order valence-corrected chi connectivity index (χ1v) is 3.19. The molecule has 0 amide bonds. The van der Waals surface area contributed by atoms with Crippen molar-refractivity contribution in [3.63, 3.8) is 0 Å². The Kier molecular flexibility index (Phi) is 38.4. The van der Waals surface area contributed by atoms with Crippen molar-refractivity contribution in [2.75, 3.05) is 0 Å². The van der Waals surface area contributed by atoms with E-state index in [1.165, 1.54) is 0 Å². The zero-order valence-electron chi connectivity index (χ0n) is 5.92. The molecule has 0 aromatic carbocycles. The molecule has 0 rings (SSSR count). The van der Waals surface area contributed by atoms with Gasteiger partial charge in [-0.3, -0.25) is 18.2 Å². The Morgan fingerprint density at radius 3 is 0.900 bits per heavy atom. The molecule has 0 radical (unpaired) electrons. The second kappa shape index (κ2) is 17.0. The molecule has 0 bridgehead atoms. The number of hydrogen-bond acceptors (Lipinski definition) is 2. The second-order valence-corrected chi connectivity index (χ2v) is 1.38. The molecular formula is H7KO7S2. The molecule has 0 saturated heterocycles. The summed E-state index contributed by atoms with van der Waals surface area (Å²) in [6.07, 6.45) is 0. The van der Waals surface area contributed by atoms with Crippen molar-refractivity contribution >= 4 is 22.7 Å². The Morgan fingerprint density at radius 2 is 0.900 bits per heavy atom. The molecule has 0 aromatic heterocycles. The fourth-order valence-electron chi connectivity index (χ4n) is 0. The molecule has 0 unspecified atom stereocenters. The van der Waals surface area contributed by atoms with Gasteiger partial charge in [0, 0.05) is 0 Å². The number of rotatable bonds is 0. The molecule has 0 saturated carbocycles. The smallest absolute Gasteiger partial charge is 1.00 e. The van der Waals surface area contributed by atoms with Gasteiger partial charge in [0.25, 0.3) is 22.7 Å². The molecule has 0 aliphatic carbocycles.